The van der Waals surface area contributed by atoms with Gasteiger partial charge in [0.1, 0.15) is 16.8 Å². The Balaban J connectivity index is 1.07. The molecule has 1 saturated heterocycles. The lowest BCUT2D eigenvalue weighted by Crippen LogP contribution is -2.40. The number of nitrogens with two attached hydrogens (primary N) is 1. The van der Waals surface area contributed by atoms with E-state index in [2.05, 4.69) is 43.2 Å². The second-order valence-electron chi connectivity index (χ2n) is 13.1. The van der Waals surface area contributed by atoms with E-state index in [1.807, 2.05) is 20.8 Å². The summed E-state index contributed by atoms with van der Waals surface area (Å²) in [6, 6.07) is 3.44. The van der Waals surface area contributed by atoms with Gasteiger partial charge in [0.2, 0.25) is 17.7 Å². The van der Waals surface area contributed by atoms with Crippen LogP contribution in [-0.4, -0.2) is 89.9 Å². The van der Waals surface area contributed by atoms with Gasteiger partial charge in [-0.3, -0.25) is 0 Å². The van der Waals surface area contributed by atoms with E-state index >= 15 is 0 Å². The summed E-state index contributed by atoms with van der Waals surface area (Å²) < 4.78 is 13.0. The Kier molecular flexibility index (Phi) is 9.61. The highest BCUT2D eigenvalue weighted by molar-refractivity contribution is 7.16. The minimum atomic E-state index is -0.949. The number of fused-ring (bicyclic) bond motifs is 1. The van der Waals surface area contributed by atoms with E-state index in [4.69, 9.17) is 25.0 Å². The first kappa shape index (κ1) is 33.3. The summed E-state index contributed by atoms with van der Waals surface area (Å²) >= 11 is 1.48. The van der Waals surface area contributed by atoms with Crippen LogP contribution in [0.1, 0.15) is 81.3 Å². The molecule has 0 spiro atoms. The molecule has 0 amide bonds. The lowest BCUT2D eigenvalue weighted by Gasteiger charge is -2.30. The molecule has 48 heavy (non-hydrogen) atoms. The van der Waals surface area contributed by atoms with Crippen LogP contribution in [0.15, 0.2) is 23.0 Å². The summed E-state index contributed by atoms with van der Waals surface area (Å²) in [4.78, 5) is 31.6. The van der Waals surface area contributed by atoms with Crippen LogP contribution in [0.4, 0.5) is 10.9 Å². The summed E-state index contributed by atoms with van der Waals surface area (Å²) in [6.07, 6.45) is 7.60. The normalized spacial score (nSPS) is 20.7. The Morgan fingerprint density at radius 2 is 2.15 bits per heavy atom. The average Bonchev–Trinajstić information content (AvgIpc) is 3.77. The maximum atomic E-state index is 11.6. The van der Waals surface area contributed by atoms with Crippen LogP contribution in [0.2, 0.25) is 0 Å². The van der Waals surface area contributed by atoms with Crippen LogP contribution in [-0.2, 0) is 16.6 Å². The number of ether oxygens (including phenoxy) is 1. The van der Waals surface area contributed by atoms with Gasteiger partial charge < -0.3 is 29.9 Å². The number of hydrogen-bond acceptors (Lipinski definition) is 14. The van der Waals surface area contributed by atoms with Crippen LogP contribution < -0.4 is 15.4 Å². The largest absolute Gasteiger partial charge is 0.480 e. The standard InChI is InChI=1S/C32H41N11O4S/c1-19(2)26(29(44)45)43-18-24(38-40-43)46-15-7-13-41-12-6-14-42(20(3)17-41)31-35-11-9-22(36-31)28-37-30(47-39-28)32(4)10-5-8-23-25(32)21(16-33)27(34)48-23/h9,11,18-20,26H,5-8,10,12-15,17,34H2,1-4H3,(H,44,45)/t20-,26?,32-/m0/s1. The van der Waals surface area contributed by atoms with Gasteiger partial charge in [-0.05, 0) is 64.5 Å². The molecule has 0 radical (unpaired) electrons. The molecule has 2 aliphatic rings. The van der Waals surface area contributed by atoms with Gasteiger partial charge in [-0.25, -0.2) is 19.4 Å². The number of aliphatic carboxylic acids is 1. The number of nitriles is 1. The first-order valence-corrected chi connectivity index (χ1v) is 17.2. The predicted molar refractivity (Wildman–Crippen MR) is 178 cm³/mol. The van der Waals surface area contributed by atoms with Crippen molar-refractivity contribution in [2.45, 2.75) is 77.3 Å². The summed E-state index contributed by atoms with van der Waals surface area (Å²) in [5, 5.41) is 32.1. The van der Waals surface area contributed by atoms with Crippen LogP contribution in [0.5, 0.6) is 5.88 Å². The first-order chi connectivity index (χ1) is 23.1. The molecule has 0 aromatic carbocycles. The predicted octanol–water partition coefficient (Wildman–Crippen LogP) is 3.93. The van der Waals surface area contributed by atoms with Gasteiger partial charge in [-0.1, -0.05) is 29.3 Å². The zero-order valence-corrected chi connectivity index (χ0v) is 28.5. The van der Waals surface area contributed by atoms with Gasteiger partial charge in [-0.15, -0.1) is 11.3 Å². The molecule has 3 N–H and O–H groups in total. The Bertz CT molecular complexity index is 1800. The molecule has 0 bridgehead atoms. The molecule has 4 aromatic heterocycles. The number of hydrogen-bond donors (Lipinski definition) is 2. The number of carboxylic acids is 1. The molecule has 3 atom stereocenters. The fourth-order valence-electron chi connectivity index (χ4n) is 6.85. The van der Waals surface area contributed by atoms with Crippen LogP contribution in [0.3, 0.4) is 0 Å². The average molecular weight is 676 g/mol. The third-order valence-corrected chi connectivity index (χ3v) is 10.3. The number of nitrogen functional groups attached to an aromatic ring is 1. The molecule has 5 heterocycles. The monoisotopic (exact) mass is 675 g/mol. The van der Waals surface area contributed by atoms with Crippen molar-refractivity contribution >= 4 is 28.3 Å². The van der Waals surface area contributed by atoms with Crippen molar-refractivity contribution in [3.05, 3.63) is 40.4 Å². The maximum absolute atomic E-state index is 11.6. The Morgan fingerprint density at radius 1 is 1.31 bits per heavy atom. The molecule has 6 rings (SSSR count). The van der Waals surface area contributed by atoms with Crippen LogP contribution in [0, 0.1) is 17.2 Å². The molecule has 254 valence electrons. The fourth-order valence-corrected chi connectivity index (χ4v) is 8.04. The minimum absolute atomic E-state index is 0.133. The van der Waals surface area contributed by atoms with Gasteiger partial charge in [0.15, 0.2) is 6.04 Å². The molecule has 1 aliphatic carbocycles. The number of anilines is 2. The Labute approximate surface area is 282 Å². The van der Waals surface area contributed by atoms with Gasteiger partial charge in [-0.2, -0.15) is 10.2 Å². The van der Waals surface area contributed by atoms with Gasteiger partial charge in [0.25, 0.3) is 5.88 Å². The smallest absolute Gasteiger partial charge is 0.328 e. The summed E-state index contributed by atoms with van der Waals surface area (Å²) in [5.41, 5.74) is 7.60. The van der Waals surface area contributed by atoms with Crippen molar-refractivity contribution in [1.82, 2.24) is 40.0 Å². The number of carboxylic acid groups (broad SMARTS) is 1. The number of nitrogens with zero attached hydrogens (tertiary/aromatic N) is 10. The topological polar surface area (TPSA) is 198 Å². The van der Waals surface area contributed by atoms with E-state index < -0.39 is 17.4 Å². The zero-order valence-electron chi connectivity index (χ0n) is 27.7. The summed E-state index contributed by atoms with van der Waals surface area (Å²) in [6.45, 7) is 11.7. The van der Waals surface area contributed by atoms with E-state index in [0.29, 0.717) is 46.4 Å². The highest BCUT2D eigenvalue weighted by Gasteiger charge is 2.43. The molecular weight excluding hydrogens is 634 g/mol. The van der Waals surface area contributed by atoms with Crippen LogP contribution in [0.25, 0.3) is 11.5 Å². The van der Waals surface area contributed by atoms with Crippen molar-refractivity contribution in [1.29, 1.82) is 5.26 Å². The van der Waals surface area contributed by atoms with Crippen LogP contribution >= 0.6 is 11.3 Å². The SMILES string of the molecule is CC(C)C(C(=O)O)n1cc(OCCCN2CCCN(c3nccc(-c4noc([C@@]5(C)CCCc6sc(N)c(C#N)c65)n4)n3)[C@@H](C)C2)nn1. The quantitative estimate of drug-likeness (QED) is 0.217. The van der Waals surface area contributed by atoms with Crippen molar-refractivity contribution < 1.29 is 19.2 Å². The highest BCUT2D eigenvalue weighted by atomic mass is 32.1. The fraction of sp³-hybridized carbons (Fsp3) is 0.562. The van der Waals surface area contributed by atoms with Crippen molar-refractivity contribution in [3.63, 3.8) is 0 Å². The van der Waals surface area contributed by atoms with E-state index in [9.17, 15) is 15.2 Å². The third kappa shape index (κ3) is 6.56. The number of carbonyl (C=O) groups is 1. The molecule has 1 unspecified atom stereocenters. The molecule has 15 nitrogen and oxygen atoms in total. The zero-order chi connectivity index (χ0) is 34.0. The third-order valence-electron chi connectivity index (χ3n) is 9.23. The summed E-state index contributed by atoms with van der Waals surface area (Å²) in [7, 11) is 0. The lowest BCUT2D eigenvalue weighted by atomic mass is 9.72. The van der Waals surface area contributed by atoms with Crippen molar-refractivity contribution in [3.8, 4) is 23.5 Å². The minimum Gasteiger partial charge on any atom is -0.480 e. The van der Waals surface area contributed by atoms with Gasteiger partial charge >= 0.3 is 5.97 Å². The van der Waals surface area contributed by atoms with Crippen molar-refractivity contribution in [2.75, 3.05) is 43.4 Å². The number of aryl methyl sites for hydroxylation is 1. The van der Waals surface area contributed by atoms with Crippen molar-refractivity contribution in [2.24, 2.45) is 5.92 Å². The summed E-state index contributed by atoms with van der Waals surface area (Å²) in [5.74, 6) is 0.700. The van der Waals surface area contributed by atoms with E-state index in [-0.39, 0.29) is 12.0 Å². The number of aromatic nitrogens is 7. The van der Waals surface area contributed by atoms with Gasteiger partial charge in [0, 0.05) is 42.3 Å². The number of rotatable bonds is 11. The molecule has 16 heteroatoms. The molecule has 1 aliphatic heterocycles. The van der Waals surface area contributed by atoms with E-state index in [1.165, 1.54) is 16.0 Å². The molecule has 1 fully saturated rings. The molecule has 0 saturated carbocycles. The Morgan fingerprint density at radius 3 is 2.92 bits per heavy atom. The Hall–Kier alpha value is -4.62. The number of thiophene rings is 1. The second kappa shape index (κ2) is 13.9. The highest BCUT2D eigenvalue weighted by Crippen LogP contribution is 2.48. The lowest BCUT2D eigenvalue weighted by molar-refractivity contribution is -0.142. The second-order valence-corrected chi connectivity index (χ2v) is 14.2. The van der Waals surface area contributed by atoms with E-state index in [0.717, 1.165) is 68.7 Å². The molecule has 4 aromatic rings. The van der Waals surface area contributed by atoms with Gasteiger partial charge in [0.05, 0.1) is 23.8 Å². The molecular formula is C32H41N11O4S. The first-order valence-electron chi connectivity index (χ1n) is 16.3. The maximum Gasteiger partial charge on any atom is 0.328 e. The van der Waals surface area contributed by atoms with E-state index in [1.54, 1.807) is 18.5 Å².